The minimum absolute atomic E-state index is 0.0171. The highest BCUT2D eigenvalue weighted by Crippen LogP contribution is 2.42. The fourth-order valence-corrected chi connectivity index (χ4v) is 4.84. The van der Waals surface area contributed by atoms with Crippen molar-refractivity contribution in [3.05, 3.63) is 75.3 Å². The molecule has 0 spiro atoms. The van der Waals surface area contributed by atoms with Crippen LogP contribution in [0, 0.1) is 0 Å². The molecule has 4 heteroatoms. The van der Waals surface area contributed by atoms with E-state index in [9.17, 15) is 9.90 Å². The molecule has 0 atom stereocenters. The van der Waals surface area contributed by atoms with Gasteiger partial charge in [-0.15, -0.1) is 0 Å². The summed E-state index contributed by atoms with van der Waals surface area (Å²) < 4.78 is 0. The summed E-state index contributed by atoms with van der Waals surface area (Å²) in [5.74, 6) is -0.338. The maximum absolute atomic E-state index is 13.5. The number of nitrogens with zero attached hydrogens (tertiary/aromatic N) is 1. The average Bonchev–Trinajstić information content (AvgIpc) is 3.29. The lowest BCUT2D eigenvalue weighted by atomic mass is 9.78. The van der Waals surface area contributed by atoms with Crippen LogP contribution in [0.4, 0.5) is 0 Å². The fourth-order valence-electron chi connectivity index (χ4n) is 4.84. The molecule has 1 aliphatic rings. The predicted molar refractivity (Wildman–Crippen MR) is 159 cm³/mol. The van der Waals surface area contributed by atoms with E-state index in [-0.39, 0.29) is 33.4 Å². The van der Waals surface area contributed by atoms with Gasteiger partial charge in [0, 0.05) is 5.56 Å². The van der Waals surface area contributed by atoms with Crippen molar-refractivity contribution in [3.8, 4) is 17.1 Å². The number of rotatable bonds is 2. The number of carbonyl (C=O) groups is 1. The Labute approximate surface area is 228 Å². The number of hydrogen-bond acceptors (Lipinski definition) is 2. The zero-order valence-corrected chi connectivity index (χ0v) is 25.3. The smallest absolute Gasteiger partial charge is 0.280 e. The summed E-state index contributed by atoms with van der Waals surface area (Å²) in [6.07, 6.45) is 0. The molecular weight excluding hydrogens is 468 g/mol. The second-order valence-corrected chi connectivity index (χ2v) is 15.0. The Bertz CT molecular complexity index is 1390. The monoisotopic (exact) mass is 512 g/mol. The maximum atomic E-state index is 13.5. The van der Waals surface area contributed by atoms with Crippen LogP contribution >= 0.6 is 0 Å². The quantitative estimate of drug-likeness (QED) is 0.361. The van der Waals surface area contributed by atoms with E-state index >= 15 is 0 Å². The molecule has 0 fully saturated rings. The largest absolute Gasteiger partial charge is 0.494 e. The van der Waals surface area contributed by atoms with E-state index < -0.39 is 0 Å². The van der Waals surface area contributed by atoms with Crippen molar-refractivity contribution in [2.45, 2.75) is 105 Å². The number of aromatic hydroxyl groups is 1. The molecule has 0 saturated heterocycles. The number of fused-ring (bicyclic) bond motifs is 1. The molecule has 1 amide bonds. The van der Waals surface area contributed by atoms with Crippen LogP contribution in [0.1, 0.15) is 127 Å². The predicted octanol–water partition coefficient (Wildman–Crippen LogP) is 8.57. The van der Waals surface area contributed by atoms with Gasteiger partial charge in [-0.25, -0.2) is 4.99 Å². The lowest BCUT2D eigenvalue weighted by Gasteiger charge is -2.26. The Morgan fingerprint density at radius 1 is 0.579 bits per heavy atom. The van der Waals surface area contributed by atoms with Crippen molar-refractivity contribution in [2.24, 2.45) is 4.99 Å². The van der Waals surface area contributed by atoms with Gasteiger partial charge in [0.05, 0.1) is 22.5 Å². The summed E-state index contributed by atoms with van der Waals surface area (Å²) in [7, 11) is 0. The zero-order chi connectivity index (χ0) is 28.6. The number of benzene rings is 2. The highest BCUT2D eigenvalue weighted by molar-refractivity contribution is 6.30. The first-order valence-corrected chi connectivity index (χ1v) is 13.6. The standard InChI is InChI=1S/C34H44N2O2/c1-31(2,3)21-13-19(14-22(17-21)32(4,5)6)27-25-26(30(38)35-27)28(36-29(25)37)20-15-23(33(7,8)9)18-24(16-20)34(10,11)12/h13-18,35,38H,1-12H3. The molecule has 1 aliphatic heterocycles. The van der Waals surface area contributed by atoms with Gasteiger partial charge in [0.15, 0.2) is 5.88 Å². The molecule has 0 radical (unpaired) electrons. The molecule has 0 bridgehead atoms. The van der Waals surface area contributed by atoms with E-state index in [0.29, 0.717) is 22.5 Å². The maximum Gasteiger partial charge on any atom is 0.280 e. The Morgan fingerprint density at radius 2 is 0.947 bits per heavy atom. The van der Waals surface area contributed by atoms with Crippen LogP contribution < -0.4 is 0 Å². The Balaban J connectivity index is 1.95. The third-order valence-electron chi connectivity index (χ3n) is 7.54. The van der Waals surface area contributed by atoms with E-state index in [1.54, 1.807) is 0 Å². The highest BCUT2D eigenvalue weighted by Gasteiger charge is 2.35. The number of amides is 1. The molecule has 1 aromatic heterocycles. The average molecular weight is 513 g/mol. The number of hydrogen-bond donors (Lipinski definition) is 2. The number of aliphatic imine (C=N–C) groups is 1. The molecule has 0 aliphatic carbocycles. The number of nitrogens with one attached hydrogen (secondary N) is 1. The molecule has 2 heterocycles. The molecule has 4 rings (SSSR count). The van der Waals surface area contributed by atoms with Crippen LogP contribution in [0.15, 0.2) is 41.4 Å². The van der Waals surface area contributed by atoms with Crippen molar-refractivity contribution in [1.29, 1.82) is 0 Å². The van der Waals surface area contributed by atoms with Gasteiger partial charge in [-0.3, -0.25) is 4.79 Å². The van der Waals surface area contributed by atoms with Gasteiger partial charge in [-0.2, -0.15) is 0 Å². The van der Waals surface area contributed by atoms with Gasteiger partial charge in [0.2, 0.25) is 0 Å². The van der Waals surface area contributed by atoms with Gasteiger partial charge < -0.3 is 10.1 Å². The first kappa shape index (κ1) is 27.9. The summed E-state index contributed by atoms with van der Waals surface area (Å²) in [4.78, 5) is 21.1. The summed E-state index contributed by atoms with van der Waals surface area (Å²) >= 11 is 0. The first-order chi connectivity index (χ1) is 17.2. The van der Waals surface area contributed by atoms with E-state index in [1.165, 1.54) is 22.3 Å². The second-order valence-electron chi connectivity index (χ2n) is 15.0. The van der Waals surface area contributed by atoms with Crippen molar-refractivity contribution in [1.82, 2.24) is 4.98 Å². The SMILES string of the molecule is CC(C)(C)c1cc(C2=NC(=O)c3c(-c4cc(C(C)(C)C)cc(C(C)(C)C)c4)[nH]c(O)c32)cc(C(C)(C)C)c1. The van der Waals surface area contributed by atoms with Crippen molar-refractivity contribution in [3.63, 3.8) is 0 Å². The molecule has 0 saturated carbocycles. The number of carbonyl (C=O) groups excluding carboxylic acids is 1. The number of H-pyrrole nitrogens is 1. The summed E-state index contributed by atoms with van der Waals surface area (Å²) in [5.41, 5.74) is 8.25. The Hall–Kier alpha value is -3.14. The molecule has 38 heavy (non-hydrogen) atoms. The molecule has 202 valence electrons. The molecule has 0 unspecified atom stereocenters. The van der Waals surface area contributed by atoms with Crippen LogP contribution in [0.2, 0.25) is 0 Å². The van der Waals surface area contributed by atoms with Gasteiger partial charge in [0.1, 0.15) is 0 Å². The molecule has 2 N–H and O–H groups in total. The van der Waals surface area contributed by atoms with Crippen molar-refractivity contribution < 1.29 is 9.90 Å². The third-order valence-corrected chi connectivity index (χ3v) is 7.54. The molecule has 2 aromatic carbocycles. The normalized spacial score (nSPS) is 14.6. The third kappa shape index (κ3) is 5.10. The van der Waals surface area contributed by atoms with Crippen LogP contribution in [0.25, 0.3) is 11.3 Å². The van der Waals surface area contributed by atoms with Crippen molar-refractivity contribution in [2.75, 3.05) is 0 Å². The summed E-state index contributed by atoms with van der Waals surface area (Å²) in [5, 5.41) is 11.2. The van der Waals surface area contributed by atoms with E-state index in [2.05, 4.69) is 129 Å². The lowest BCUT2D eigenvalue weighted by molar-refractivity contribution is 0.101. The van der Waals surface area contributed by atoms with E-state index in [4.69, 9.17) is 0 Å². The summed E-state index contributed by atoms with van der Waals surface area (Å²) in [6, 6.07) is 13.0. The van der Waals surface area contributed by atoms with Gasteiger partial charge in [-0.1, -0.05) is 95.2 Å². The minimum atomic E-state index is -0.321. The topological polar surface area (TPSA) is 65.5 Å². The highest BCUT2D eigenvalue weighted by atomic mass is 16.3. The van der Waals surface area contributed by atoms with Gasteiger partial charge in [0.25, 0.3) is 5.91 Å². The van der Waals surface area contributed by atoms with E-state index in [0.717, 1.165) is 11.1 Å². The molecule has 4 nitrogen and oxygen atoms in total. The van der Waals surface area contributed by atoms with Crippen molar-refractivity contribution >= 4 is 11.6 Å². The second kappa shape index (κ2) is 8.69. The minimum Gasteiger partial charge on any atom is -0.494 e. The van der Waals surface area contributed by atoms with Gasteiger partial charge in [-0.05, 0) is 73.7 Å². The zero-order valence-electron chi connectivity index (χ0n) is 25.3. The van der Waals surface area contributed by atoms with Crippen LogP contribution in [-0.4, -0.2) is 21.7 Å². The number of aromatic amines is 1. The van der Waals surface area contributed by atoms with Crippen LogP contribution in [0.3, 0.4) is 0 Å². The first-order valence-electron chi connectivity index (χ1n) is 13.6. The lowest BCUT2D eigenvalue weighted by Crippen LogP contribution is -2.18. The van der Waals surface area contributed by atoms with Crippen LogP contribution in [0.5, 0.6) is 5.88 Å². The van der Waals surface area contributed by atoms with E-state index in [1.807, 2.05) is 0 Å². The van der Waals surface area contributed by atoms with Gasteiger partial charge >= 0.3 is 0 Å². The molecular formula is C34H44N2O2. The fraction of sp³-hybridized carbons (Fsp3) is 0.471. The van der Waals surface area contributed by atoms with Crippen LogP contribution in [-0.2, 0) is 21.7 Å². The Morgan fingerprint density at radius 3 is 1.32 bits per heavy atom. The molecule has 3 aromatic rings. The summed E-state index contributed by atoms with van der Waals surface area (Å²) in [6.45, 7) is 26.3. The Kier molecular flexibility index (Phi) is 6.38. The number of aromatic nitrogens is 1.